The Morgan fingerprint density at radius 3 is 2.92 bits per heavy atom. The van der Waals surface area contributed by atoms with Gasteiger partial charge in [-0.05, 0) is 18.9 Å². The Bertz CT molecular complexity index is 193. The van der Waals surface area contributed by atoms with Crippen molar-refractivity contribution in [3.8, 4) is 0 Å². The standard InChI is InChI=1S/C9H15NO3/c1-12-2-3-13-9(11)8-6-4-7(8)10-5-6/h6-8,10H,2-5H2,1H3. The second-order valence-electron chi connectivity index (χ2n) is 3.70. The molecule has 1 aliphatic carbocycles. The molecule has 2 heterocycles. The highest BCUT2D eigenvalue weighted by Gasteiger charge is 2.51. The fraction of sp³-hybridized carbons (Fsp3) is 0.889. The normalized spacial score (nSPS) is 35.6. The highest BCUT2D eigenvalue weighted by Crippen LogP contribution is 2.40. The molecule has 4 nitrogen and oxygen atoms in total. The Morgan fingerprint density at radius 2 is 2.38 bits per heavy atom. The third-order valence-corrected chi connectivity index (χ3v) is 2.94. The molecule has 0 aromatic carbocycles. The molecular weight excluding hydrogens is 170 g/mol. The molecule has 13 heavy (non-hydrogen) atoms. The molecule has 74 valence electrons. The van der Waals surface area contributed by atoms with Crippen LogP contribution in [0.5, 0.6) is 0 Å². The quantitative estimate of drug-likeness (QED) is 0.486. The smallest absolute Gasteiger partial charge is 0.310 e. The number of methoxy groups -OCH3 is 1. The van der Waals surface area contributed by atoms with Crippen LogP contribution in [-0.4, -0.2) is 38.9 Å². The lowest BCUT2D eigenvalue weighted by Gasteiger charge is -2.31. The highest BCUT2D eigenvalue weighted by atomic mass is 16.6. The van der Waals surface area contributed by atoms with Gasteiger partial charge in [-0.1, -0.05) is 0 Å². The Balaban J connectivity index is 1.72. The molecule has 3 unspecified atom stereocenters. The van der Waals surface area contributed by atoms with Crippen LogP contribution in [0.25, 0.3) is 0 Å². The molecule has 0 radical (unpaired) electrons. The summed E-state index contributed by atoms with van der Waals surface area (Å²) in [5, 5.41) is 3.28. The number of ether oxygens (including phenoxy) is 2. The highest BCUT2D eigenvalue weighted by molar-refractivity contribution is 5.75. The zero-order chi connectivity index (χ0) is 9.26. The summed E-state index contributed by atoms with van der Waals surface area (Å²) in [6.07, 6.45) is 1.14. The number of hydrogen-bond donors (Lipinski definition) is 1. The van der Waals surface area contributed by atoms with E-state index in [-0.39, 0.29) is 11.9 Å². The lowest BCUT2D eigenvalue weighted by molar-refractivity contribution is -0.154. The van der Waals surface area contributed by atoms with Crippen LogP contribution in [0.3, 0.4) is 0 Å². The molecular formula is C9H15NO3. The van der Waals surface area contributed by atoms with Gasteiger partial charge in [-0.2, -0.15) is 0 Å². The van der Waals surface area contributed by atoms with Gasteiger partial charge in [0.05, 0.1) is 12.5 Å². The molecule has 4 heteroatoms. The maximum Gasteiger partial charge on any atom is 0.310 e. The third-order valence-electron chi connectivity index (χ3n) is 2.94. The SMILES string of the molecule is COCCOC(=O)C1C2CNC1C2. The van der Waals surface area contributed by atoms with Gasteiger partial charge >= 0.3 is 5.97 Å². The molecule has 0 spiro atoms. The van der Waals surface area contributed by atoms with Crippen LogP contribution >= 0.6 is 0 Å². The van der Waals surface area contributed by atoms with Crippen molar-refractivity contribution in [2.24, 2.45) is 11.8 Å². The summed E-state index contributed by atoms with van der Waals surface area (Å²) in [7, 11) is 1.60. The largest absolute Gasteiger partial charge is 0.463 e. The molecule has 3 rings (SSSR count). The summed E-state index contributed by atoms with van der Waals surface area (Å²) < 4.78 is 9.86. The molecule has 3 fully saturated rings. The zero-order valence-corrected chi connectivity index (χ0v) is 7.79. The summed E-state index contributed by atoms with van der Waals surface area (Å²) in [6, 6.07) is 0.389. The van der Waals surface area contributed by atoms with Gasteiger partial charge in [0, 0.05) is 13.2 Å². The summed E-state index contributed by atoms with van der Waals surface area (Å²) in [5.41, 5.74) is 0. The van der Waals surface area contributed by atoms with Gasteiger partial charge in [0.2, 0.25) is 0 Å². The molecule has 0 aromatic heterocycles. The Hall–Kier alpha value is -0.610. The van der Waals surface area contributed by atoms with Crippen molar-refractivity contribution in [3.63, 3.8) is 0 Å². The minimum atomic E-state index is -0.0525. The summed E-state index contributed by atoms with van der Waals surface area (Å²) in [4.78, 5) is 11.4. The van der Waals surface area contributed by atoms with Crippen LogP contribution in [0.15, 0.2) is 0 Å². The molecule has 0 amide bonds. The van der Waals surface area contributed by atoms with E-state index in [0.717, 1.165) is 13.0 Å². The third kappa shape index (κ3) is 1.56. The van der Waals surface area contributed by atoms with E-state index in [1.54, 1.807) is 7.11 Å². The average Bonchev–Trinajstić information content (AvgIpc) is 2.64. The van der Waals surface area contributed by atoms with Crippen LogP contribution in [-0.2, 0) is 14.3 Å². The summed E-state index contributed by atoms with van der Waals surface area (Å²) in [6.45, 7) is 1.85. The predicted molar refractivity (Wildman–Crippen MR) is 46.2 cm³/mol. The van der Waals surface area contributed by atoms with Crippen molar-refractivity contribution < 1.29 is 14.3 Å². The maximum absolute atomic E-state index is 11.4. The van der Waals surface area contributed by atoms with E-state index in [0.29, 0.717) is 25.2 Å². The van der Waals surface area contributed by atoms with Gasteiger partial charge in [0.1, 0.15) is 6.61 Å². The number of nitrogens with one attached hydrogen (secondary N) is 1. The fourth-order valence-corrected chi connectivity index (χ4v) is 2.15. The molecule has 1 N–H and O–H groups in total. The minimum Gasteiger partial charge on any atom is -0.463 e. The second-order valence-corrected chi connectivity index (χ2v) is 3.70. The number of carbonyl (C=O) groups excluding carboxylic acids is 1. The monoisotopic (exact) mass is 185 g/mol. The first-order valence-electron chi connectivity index (χ1n) is 4.72. The molecule has 2 saturated heterocycles. The predicted octanol–water partition coefficient (Wildman–Crippen LogP) is -0.216. The fourth-order valence-electron chi connectivity index (χ4n) is 2.15. The van der Waals surface area contributed by atoms with E-state index >= 15 is 0 Å². The van der Waals surface area contributed by atoms with Crippen LogP contribution in [0.4, 0.5) is 0 Å². The number of fused-ring (bicyclic) bond motifs is 1. The van der Waals surface area contributed by atoms with Gasteiger partial charge in [-0.25, -0.2) is 0 Å². The first-order valence-corrected chi connectivity index (χ1v) is 4.72. The minimum absolute atomic E-state index is 0.0525. The first kappa shape index (κ1) is 8.97. The van der Waals surface area contributed by atoms with Crippen molar-refractivity contribution in [2.75, 3.05) is 26.9 Å². The second kappa shape index (κ2) is 3.64. The van der Waals surface area contributed by atoms with E-state index in [4.69, 9.17) is 9.47 Å². The van der Waals surface area contributed by atoms with Crippen molar-refractivity contribution in [3.05, 3.63) is 0 Å². The van der Waals surface area contributed by atoms with Crippen LogP contribution in [0, 0.1) is 11.8 Å². The molecule has 0 aromatic rings. The Morgan fingerprint density at radius 1 is 1.54 bits per heavy atom. The molecule has 3 atom stereocenters. The van der Waals surface area contributed by atoms with Gasteiger partial charge in [0.25, 0.3) is 0 Å². The molecule has 1 saturated carbocycles. The average molecular weight is 185 g/mol. The van der Waals surface area contributed by atoms with Crippen LogP contribution in [0.1, 0.15) is 6.42 Å². The zero-order valence-electron chi connectivity index (χ0n) is 7.79. The van der Waals surface area contributed by atoms with Gasteiger partial charge in [0.15, 0.2) is 0 Å². The Kier molecular flexibility index (Phi) is 2.51. The van der Waals surface area contributed by atoms with Crippen LogP contribution in [0.2, 0.25) is 0 Å². The number of esters is 1. The van der Waals surface area contributed by atoms with Gasteiger partial charge in [-0.15, -0.1) is 0 Å². The van der Waals surface area contributed by atoms with E-state index in [1.165, 1.54) is 0 Å². The molecule has 2 aliphatic heterocycles. The number of rotatable bonds is 4. The molecule has 3 aliphatic rings. The summed E-state index contributed by atoms with van der Waals surface area (Å²) >= 11 is 0. The van der Waals surface area contributed by atoms with E-state index in [1.807, 2.05) is 0 Å². The lowest BCUT2D eigenvalue weighted by atomic mass is 9.74. The molecule has 2 bridgehead atoms. The topological polar surface area (TPSA) is 47.6 Å². The van der Waals surface area contributed by atoms with E-state index in [9.17, 15) is 4.79 Å². The first-order chi connectivity index (χ1) is 6.33. The number of carbonyl (C=O) groups is 1. The van der Waals surface area contributed by atoms with Gasteiger partial charge < -0.3 is 14.8 Å². The van der Waals surface area contributed by atoms with Crippen LogP contribution < -0.4 is 5.32 Å². The van der Waals surface area contributed by atoms with E-state index < -0.39 is 0 Å². The maximum atomic E-state index is 11.4. The van der Waals surface area contributed by atoms with Crippen molar-refractivity contribution in [1.82, 2.24) is 5.32 Å². The van der Waals surface area contributed by atoms with Gasteiger partial charge in [-0.3, -0.25) is 4.79 Å². The van der Waals surface area contributed by atoms with Crippen molar-refractivity contribution in [2.45, 2.75) is 12.5 Å². The Labute approximate surface area is 77.6 Å². The van der Waals surface area contributed by atoms with Crippen molar-refractivity contribution in [1.29, 1.82) is 0 Å². The van der Waals surface area contributed by atoms with Crippen molar-refractivity contribution >= 4 is 5.97 Å². The summed E-state index contributed by atoms with van der Waals surface area (Å²) in [5.74, 6) is 0.597. The lowest BCUT2D eigenvalue weighted by Crippen LogP contribution is -2.43. The number of hydrogen-bond acceptors (Lipinski definition) is 4. The van der Waals surface area contributed by atoms with E-state index in [2.05, 4.69) is 5.32 Å².